The van der Waals surface area contributed by atoms with E-state index in [1.54, 1.807) is 24.3 Å². The van der Waals surface area contributed by atoms with E-state index < -0.39 is 4.92 Å². The molecular weight excluding hydrogens is 166 g/mol. The smallest absolute Gasteiger partial charge is 0.258 e. The number of allylic oxidation sites excluding steroid dienone is 1. The van der Waals surface area contributed by atoms with E-state index in [9.17, 15) is 10.1 Å². The lowest BCUT2D eigenvalue weighted by molar-refractivity contribution is -0.385. The van der Waals surface area contributed by atoms with Crippen LogP contribution in [0.15, 0.2) is 30.3 Å². The number of nitrogens with zero attached hydrogens (tertiary/aromatic N) is 1. The lowest BCUT2D eigenvalue weighted by Gasteiger charge is -1.94. The van der Waals surface area contributed by atoms with Gasteiger partial charge in [-0.15, -0.1) is 0 Å². The van der Waals surface area contributed by atoms with E-state index in [1.165, 1.54) is 6.07 Å². The Kier molecular flexibility index (Phi) is 3.20. The van der Waals surface area contributed by atoms with Crippen LogP contribution in [0.25, 0.3) is 0 Å². The highest BCUT2D eigenvalue weighted by Gasteiger charge is 2.08. The molecule has 0 aromatic heterocycles. The van der Waals surface area contributed by atoms with Crippen molar-refractivity contribution in [3.63, 3.8) is 0 Å². The minimum atomic E-state index is -0.397. The zero-order valence-electron chi connectivity index (χ0n) is 7.36. The van der Waals surface area contributed by atoms with Crippen LogP contribution in [-0.2, 0) is 0 Å². The molecule has 0 spiro atoms. The summed E-state index contributed by atoms with van der Waals surface area (Å²) in [5.41, 5.74) is 0.640. The molecule has 0 unspecified atom stereocenters. The summed E-state index contributed by atoms with van der Waals surface area (Å²) in [6.45, 7) is 1.96. The maximum atomic E-state index is 10.5. The monoisotopic (exact) mass is 176 g/mol. The molecule has 0 aliphatic rings. The molecule has 1 aromatic carbocycles. The van der Waals surface area contributed by atoms with E-state index in [1.807, 2.05) is 6.92 Å². The molecule has 0 saturated carbocycles. The molecule has 1 rings (SSSR count). The number of nitro groups is 1. The molecule has 0 fully saturated rings. The number of rotatable bonds is 3. The highest BCUT2D eigenvalue weighted by Crippen LogP contribution is 2.17. The topological polar surface area (TPSA) is 43.1 Å². The van der Waals surface area contributed by atoms with Gasteiger partial charge in [-0.25, -0.2) is 0 Å². The second kappa shape index (κ2) is 4.40. The Labute approximate surface area is 76.9 Å². The predicted octanol–water partition coefficient (Wildman–Crippen LogP) is 2.71. The van der Waals surface area contributed by atoms with E-state index in [2.05, 4.69) is 6.08 Å². The third-order valence-corrected chi connectivity index (χ3v) is 1.56. The lowest BCUT2D eigenvalue weighted by atomic mass is 10.1. The summed E-state index contributed by atoms with van der Waals surface area (Å²) in [6, 6.07) is 6.57. The first-order valence-corrected chi connectivity index (χ1v) is 4.07. The molecular formula is C10H10NO2. The van der Waals surface area contributed by atoms with Gasteiger partial charge in [-0.3, -0.25) is 10.1 Å². The molecule has 0 heterocycles. The minimum absolute atomic E-state index is 0.104. The van der Waals surface area contributed by atoms with Gasteiger partial charge in [0, 0.05) is 6.07 Å². The van der Waals surface area contributed by atoms with Gasteiger partial charge in [-0.1, -0.05) is 25.1 Å². The third kappa shape index (κ3) is 2.40. The van der Waals surface area contributed by atoms with Gasteiger partial charge in [-0.2, -0.15) is 0 Å². The largest absolute Gasteiger partial charge is 0.277 e. The maximum absolute atomic E-state index is 10.5. The fourth-order valence-corrected chi connectivity index (χ4v) is 0.967. The van der Waals surface area contributed by atoms with Crippen LogP contribution >= 0.6 is 0 Å². The van der Waals surface area contributed by atoms with E-state index >= 15 is 0 Å². The summed E-state index contributed by atoms with van der Waals surface area (Å²) in [7, 11) is 0. The molecule has 67 valence electrons. The molecule has 0 bridgehead atoms. The van der Waals surface area contributed by atoms with Gasteiger partial charge in [0.05, 0.1) is 10.5 Å². The van der Waals surface area contributed by atoms with E-state index in [-0.39, 0.29) is 5.69 Å². The first-order chi connectivity index (χ1) is 6.25. The third-order valence-electron chi connectivity index (χ3n) is 1.56. The second-order valence-electron chi connectivity index (χ2n) is 2.53. The summed E-state index contributed by atoms with van der Waals surface area (Å²) in [4.78, 5) is 10.1. The van der Waals surface area contributed by atoms with Gasteiger partial charge in [0.2, 0.25) is 0 Å². The highest BCUT2D eigenvalue weighted by atomic mass is 16.6. The highest BCUT2D eigenvalue weighted by molar-refractivity contribution is 5.43. The fraction of sp³-hybridized carbons (Fsp3) is 0.200. The van der Waals surface area contributed by atoms with E-state index in [0.29, 0.717) is 5.56 Å². The van der Waals surface area contributed by atoms with Gasteiger partial charge in [0.15, 0.2) is 0 Å². The van der Waals surface area contributed by atoms with Gasteiger partial charge in [-0.05, 0) is 18.6 Å². The maximum Gasteiger partial charge on any atom is 0.277 e. The van der Waals surface area contributed by atoms with Crippen LogP contribution in [0.3, 0.4) is 0 Å². The SMILES string of the molecule is CC/C=[C]\c1ccccc1[N+](=O)[O-]. The Morgan fingerprint density at radius 2 is 2.23 bits per heavy atom. The molecule has 0 amide bonds. The molecule has 0 aliphatic carbocycles. The van der Waals surface area contributed by atoms with Crippen LogP contribution in [0.4, 0.5) is 5.69 Å². The predicted molar refractivity (Wildman–Crippen MR) is 50.3 cm³/mol. The van der Waals surface area contributed by atoms with Gasteiger partial charge in [0.1, 0.15) is 0 Å². The Morgan fingerprint density at radius 1 is 1.54 bits per heavy atom. The zero-order chi connectivity index (χ0) is 9.68. The van der Waals surface area contributed by atoms with Crippen molar-refractivity contribution in [2.24, 2.45) is 0 Å². The van der Waals surface area contributed by atoms with Crippen molar-refractivity contribution in [3.05, 3.63) is 52.1 Å². The first-order valence-electron chi connectivity index (χ1n) is 4.07. The second-order valence-corrected chi connectivity index (χ2v) is 2.53. The molecule has 0 atom stereocenters. The minimum Gasteiger partial charge on any atom is -0.258 e. The van der Waals surface area contributed by atoms with E-state index in [4.69, 9.17) is 0 Å². The van der Waals surface area contributed by atoms with Crippen LogP contribution in [0, 0.1) is 16.2 Å². The molecule has 0 N–H and O–H groups in total. The van der Waals surface area contributed by atoms with Crippen molar-refractivity contribution in [3.8, 4) is 0 Å². The summed E-state index contributed by atoms with van der Waals surface area (Å²) in [6.07, 6.45) is 5.48. The summed E-state index contributed by atoms with van der Waals surface area (Å²) in [5.74, 6) is 0. The standard InChI is InChI=1S/C10H10NO2/c1-2-3-6-9-7-4-5-8-10(9)11(12)13/h3-5,7-8H,2H2,1H3. The normalized spacial score (nSPS) is 10.5. The van der Waals surface area contributed by atoms with Crippen LogP contribution in [-0.4, -0.2) is 4.92 Å². The van der Waals surface area contributed by atoms with Crippen molar-refractivity contribution in [1.29, 1.82) is 0 Å². The Balaban J connectivity index is 3.05. The number of hydrogen-bond acceptors (Lipinski definition) is 2. The van der Waals surface area contributed by atoms with Crippen molar-refractivity contribution in [2.75, 3.05) is 0 Å². The zero-order valence-corrected chi connectivity index (χ0v) is 7.36. The number of para-hydroxylation sites is 1. The summed E-state index contributed by atoms with van der Waals surface area (Å²) >= 11 is 0. The van der Waals surface area contributed by atoms with Gasteiger partial charge in [0.25, 0.3) is 5.69 Å². The summed E-state index contributed by atoms with van der Waals surface area (Å²) < 4.78 is 0. The molecule has 0 aliphatic heterocycles. The van der Waals surface area contributed by atoms with Crippen LogP contribution in [0.1, 0.15) is 18.9 Å². The molecule has 1 aromatic rings. The van der Waals surface area contributed by atoms with Crippen molar-refractivity contribution >= 4 is 5.69 Å². The number of hydrogen-bond donors (Lipinski definition) is 0. The fourth-order valence-electron chi connectivity index (χ4n) is 0.967. The molecule has 13 heavy (non-hydrogen) atoms. The van der Waals surface area contributed by atoms with Crippen molar-refractivity contribution in [1.82, 2.24) is 0 Å². The lowest BCUT2D eigenvalue weighted by Crippen LogP contribution is -1.90. The van der Waals surface area contributed by atoms with Crippen molar-refractivity contribution in [2.45, 2.75) is 13.3 Å². The van der Waals surface area contributed by atoms with Crippen LogP contribution in [0.5, 0.6) is 0 Å². The van der Waals surface area contributed by atoms with Crippen LogP contribution < -0.4 is 0 Å². The Bertz CT molecular complexity index is 331. The Hall–Kier alpha value is -1.64. The summed E-state index contributed by atoms with van der Waals surface area (Å²) in [5, 5.41) is 10.5. The van der Waals surface area contributed by atoms with Gasteiger partial charge >= 0.3 is 0 Å². The average molecular weight is 176 g/mol. The van der Waals surface area contributed by atoms with Gasteiger partial charge < -0.3 is 0 Å². The molecule has 0 saturated heterocycles. The molecule has 3 heteroatoms. The molecule has 3 nitrogen and oxygen atoms in total. The Morgan fingerprint density at radius 3 is 2.85 bits per heavy atom. The number of benzene rings is 1. The number of nitro benzene ring substituents is 1. The van der Waals surface area contributed by atoms with Crippen LogP contribution in [0.2, 0.25) is 0 Å². The van der Waals surface area contributed by atoms with E-state index in [0.717, 1.165) is 6.42 Å². The molecule has 1 radical (unpaired) electrons. The van der Waals surface area contributed by atoms with Crippen molar-refractivity contribution < 1.29 is 4.92 Å². The average Bonchev–Trinajstić information content (AvgIpc) is 2.15. The first kappa shape index (κ1) is 9.45. The quantitative estimate of drug-likeness (QED) is 0.525.